The third kappa shape index (κ3) is 9.54. The standard InChI is InChI=1S/C38H56N6O9S/c1-24(2)44(25(3)4)54(50,51)41-34(47)38-20-28(38)17-11-9-8-10-12-18-30(39-35(48)53-37(5,6)7)33(46)43-23-29(19-31(43)32(45)40-38)52-36(49)42-21-26-15-13-14-16-27(26)22-42/h11,13-17,24-25,28-31H,8-10,12,18-23H2,1-7H3,(H,39,48)(H,40,45)(H,41,47)/t28-,29-,30+,31+,38-/m1/s1. The van der Waals surface area contributed by atoms with Crippen LogP contribution in [0.4, 0.5) is 9.59 Å². The minimum atomic E-state index is -4.29. The maximum Gasteiger partial charge on any atom is 0.410 e. The second kappa shape index (κ2) is 16.3. The van der Waals surface area contributed by atoms with Crippen LogP contribution in [-0.2, 0) is 47.2 Å². The Morgan fingerprint density at radius 3 is 2.26 bits per heavy atom. The first-order valence-electron chi connectivity index (χ1n) is 19.0. The largest absolute Gasteiger partial charge is 0.444 e. The van der Waals surface area contributed by atoms with E-state index in [0.717, 1.165) is 24.0 Å². The lowest BCUT2D eigenvalue weighted by Crippen LogP contribution is -2.59. The van der Waals surface area contributed by atoms with Crippen LogP contribution in [0.5, 0.6) is 0 Å². The van der Waals surface area contributed by atoms with E-state index in [0.29, 0.717) is 25.9 Å². The van der Waals surface area contributed by atoms with E-state index in [4.69, 9.17) is 9.47 Å². The van der Waals surface area contributed by atoms with Gasteiger partial charge in [-0.2, -0.15) is 12.7 Å². The van der Waals surface area contributed by atoms with Gasteiger partial charge in [-0.25, -0.2) is 14.3 Å². The molecule has 1 saturated heterocycles. The SMILES string of the molecule is CC(C)N(C(C)C)S(=O)(=O)NC(=O)[C@@]12C[C@H]1C=CCCCCC[C@H](NC(=O)OC(C)(C)C)C(=O)N1C[C@H](OC(=O)N3Cc4ccccc4C3)C[C@H]1C(=O)N2. The van der Waals surface area contributed by atoms with Crippen molar-refractivity contribution in [3.63, 3.8) is 0 Å². The Morgan fingerprint density at radius 2 is 1.65 bits per heavy atom. The molecule has 0 aromatic heterocycles. The van der Waals surface area contributed by atoms with Crippen LogP contribution in [0.15, 0.2) is 36.4 Å². The van der Waals surface area contributed by atoms with Gasteiger partial charge in [0.05, 0.1) is 6.54 Å². The van der Waals surface area contributed by atoms with Crippen molar-refractivity contribution in [2.75, 3.05) is 6.54 Å². The van der Waals surface area contributed by atoms with E-state index in [9.17, 15) is 32.4 Å². The summed E-state index contributed by atoms with van der Waals surface area (Å²) in [6, 6.07) is 4.54. The quantitative estimate of drug-likeness (QED) is 0.347. The van der Waals surface area contributed by atoms with Crippen LogP contribution < -0.4 is 15.4 Å². The molecule has 4 aliphatic rings. The summed E-state index contributed by atoms with van der Waals surface area (Å²) in [5.41, 5.74) is -0.418. The molecule has 1 aromatic carbocycles. The molecular weight excluding hydrogens is 717 g/mol. The molecule has 5 rings (SSSR count). The van der Waals surface area contributed by atoms with Gasteiger partial charge >= 0.3 is 22.4 Å². The Labute approximate surface area is 318 Å². The van der Waals surface area contributed by atoms with E-state index < -0.39 is 87.4 Å². The fraction of sp³-hybridized carbons (Fsp3) is 0.658. The highest BCUT2D eigenvalue weighted by molar-refractivity contribution is 7.87. The lowest BCUT2D eigenvalue weighted by molar-refractivity contribution is -0.141. The minimum Gasteiger partial charge on any atom is -0.444 e. The molecular formula is C38H56N6O9S. The van der Waals surface area contributed by atoms with Crippen molar-refractivity contribution in [2.24, 2.45) is 5.92 Å². The Hall–Kier alpha value is -4.18. The summed E-state index contributed by atoms with van der Waals surface area (Å²) in [7, 11) is -4.29. The van der Waals surface area contributed by atoms with E-state index in [1.54, 1.807) is 53.4 Å². The van der Waals surface area contributed by atoms with Crippen LogP contribution in [-0.4, -0.2) is 100 Å². The molecule has 0 radical (unpaired) electrons. The van der Waals surface area contributed by atoms with Crippen LogP contribution in [0.2, 0.25) is 0 Å². The van der Waals surface area contributed by atoms with Gasteiger partial charge < -0.3 is 25.0 Å². The number of ether oxygens (including phenoxy) is 2. The lowest BCUT2D eigenvalue weighted by Gasteiger charge is -2.31. The molecule has 15 nitrogen and oxygen atoms in total. The van der Waals surface area contributed by atoms with E-state index >= 15 is 0 Å². The molecule has 3 heterocycles. The van der Waals surface area contributed by atoms with Crippen LogP contribution in [0.25, 0.3) is 0 Å². The molecule has 0 unspecified atom stereocenters. The number of hydrogen-bond donors (Lipinski definition) is 3. The second-order valence-corrected chi connectivity index (χ2v) is 17.9. The summed E-state index contributed by atoms with van der Waals surface area (Å²) < 4.78 is 41.8. The molecule has 0 spiro atoms. The second-order valence-electron chi connectivity index (χ2n) is 16.4. The predicted octanol–water partition coefficient (Wildman–Crippen LogP) is 3.88. The smallest absolute Gasteiger partial charge is 0.410 e. The minimum absolute atomic E-state index is 0.0752. The van der Waals surface area contributed by atoms with E-state index in [1.165, 1.54) is 9.21 Å². The van der Waals surface area contributed by atoms with Crippen molar-refractivity contribution >= 4 is 40.1 Å². The molecule has 1 saturated carbocycles. The topological polar surface area (TPSA) is 184 Å². The molecule has 5 amide bonds. The van der Waals surface area contributed by atoms with E-state index in [1.807, 2.05) is 36.4 Å². The number of nitrogens with one attached hydrogen (secondary N) is 3. The molecule has 5 atom stereocenters. The van der Waals surface area contributed by atoms with E-state index in [2.05, 4.69) is 15.4 Å². The highest BCUT2D eigenvalue weighted by atomic mass is 32.2. The zero-order valence-electron chi connectivity index (χ0n) is 32.4. The average Bonchev–Trinajstić information content (AvgIpc) is 3.36. The molecule has 298 valence electrons. The summed E-state index contributed by atoms with van der Waals surface area (Å²) in [5, 5.41) is 5.54. The first kappa shape index (κ1) is 41.0. The van der Waals surface area contributed by atoms with Gasteiger partial charge in [0, 0.05) is 37.5 Å². The summed E-state index contributed by atoms with van der Waals surface area (Å²) in [6.07, 6.45) is 4.60. The number of carbonyl (C=O) groups excluding carboxylic acids is 5. The molecule has 54 heavy (non-hydrogen) atoms. The molecule has 3 aliphatic heterocycles. The third-order valence-corrected chi connectivity index (χ3v) is 12.1. The molecule has 1 aromatic rings. The monoisotopic (exact) mass is 772 g/mol. The van der Waals surface area contributed by atoms with Gasteiger partial charge in [-0.1, -0.05) is 49.3 Å². The zero-order chi connectivity index (χ0) is 39.6. The number of benzene rings is 1. The fourth-order valence-electron chi connectivity index (χ4n) is 7.71. The Balaban J connectivity index is 1.42. The van der Waals surface area contributed by atoms with Crippen molar-refractivity contribution in [2.45, 2.75) is 148 Å². The molecule has 2 fully saturated rings. The third-order valence-electron chi connectivity index (χ3n) is 10.2. The van der Waals surface area contributed by atoms with Gasteiger partial charge in [0.2, 0.25) is 11.8 Å². The summed E-state index contributed by atoms with van der Waals surface area (Å²) in [5.74, 6) is -2.63. The van der Waals surface area contributed by atoms with Crippen LogP contribution in [0.3, 0.4) is 0 Å². The maximum absolute atomic E-state index is 14.4. The summed E-state index contributed by atoms with van der Waals surface area (Å²) in [6.45, 7) is 12.5. The molecule has 3 N–H and O–H groups in total. The average molecular weight is 773 g/mol. The van der Waals surface area contributed by atoms with Gasteiger partial charge in [0.25, 0.3) is 5.91 Å². The first-order chi connectivity index (χ1) is 25.3. The zero-order valence-corrected chi connectivity index (χ0v) is 33.2. The first-order valence-corrected chi connectivity index (χ1v) is 20.4. The van der Waals surface area contributed by atoms with Crippen LogP contribution in [0, 0.1) is 5.92 Å². The highest BCUT2D eigenvalue weighted by Crippen LogP contribution is 2.46. The number of carbonyl (C=O) groups is 5. The van der Waals surface area contributed by atoms with Crippen LogP contribution >= 0.6 is 0 Å². The van der Waals surface area contributed by atoms with Gasteiger partial charge in [-0.05, 0) is 85.3 Å². The lowest BCUT2D eigenvalue weighted by atomic mass is 10.0. The molecule has 0 bridgehead atoms. The van der Waals surface area contributed by atoms with Crippen molar-refractivity contribution in [3.05, 3.63) is 47.5 Å². The van der Waals surface area contributed by atoms with Gasteiger partial charge in [0.15, 0.2) is 0 Å². The van der Waals surface area contributed by atoms with Crippen molar-refractivity contribution in [3.8, 4) is 0 Å². The molecule has 1 aliphatic carbocycles. The van der Waals surface area contributed by atoms with Gasteiger partial charge in [0.1, 0.15) is 29.3 Å². The maximum atomic E-state index is 14.4. The number of alkyl carbamates (subject to hydrolysis) is 1. The Bertz CT molecular complexity index is 1710. The number of amides is 5. The molecule has 16 heteroatoms. The Morgan fingerprint density at radius 1 is 1.00 bits per heavy atom. The number of fused-ring (bicyclic) bond motifs is 3. The summed E-state index contributed by atoms with van der Waals surface area (Å²) >= 11 is 0. The van der Waals surface area contributed by atoms with E-state index in [-0.39, 0.29) is 25.8 Å². The predicted molar refractivity (Wildman–Crippen MR) is 200 cm³/mol. The van der Waals surface area contributed by atoms with Crippen molar-refractivity contribution < 1.29 is 41.9 Å². The van der Waals surface area contributed by atoms with Crippen LogP contribution in [0.1, 0.15) is 105 Å². The number of allylic oxidation sites excluding steroid dienone is 1. The number of nitrogens with zero attached hydrogens (tertiary/aromatic N) is 3. The highest BCUT2D eigenvalue weighted by Gasteiger charge is 2.62. The number of hydrogen-bond acceptors (Lipinski definition) is 9. The number of rotatable bonds is 7. The Kier molecular flexibility index (Phi) is 12.4. The van der Waals surface area contributed by atoms with Crippen molar-refractivity contribution in [1.29, 1.82) is 0 Å². The fourth-order valence-corrected chi connectivity index (χ4v) is 9.34. The van der Waals surface area contributed by atoms with Gasteiger partial charge in [-0.3, -0.25) is 19.3 Å². The normalized spacial score (nSPS) is 26.3. The van der Waals surface area contributed by atoms with Crippen molar-refractivity contribution in [1.82, 2.24) is 29.5 Å². The summed E-state index contributed by atoms with van der Waals surface area (Å²) in [4.78, 5) is 71.9. The van der Waals surface area contributed by atoms with Gasteiger partial charge in [-0.15, -0.1) is 0 Å².